The first-order chi connectivity index (χ1) is 12.3. The largest absolute Gasteiger partial charge is 0.421 e. The molecule has 26 heavy (non-hydrogen) atoms. The van der Waals surface area contributed by atoms with Crippen molar-refractivity contribution >= 4 is 50.7 Å². The van der Waals surface area contributed by atoms with Crippen LogP contribution in [0.5, 0.6) is 0 Å². The Labute approximate surface area is 160 Å². The summed E-state index contributed by atoms with van der Waals surface area (Å²) >= 11 is 9.33. The zero-order valence-electron chi connectivity index (χ0n) is 13.0. The molecule has 1 aromatic heterocycles. The number of alkyl halides is 3. The van der Waals surface area contributed by atoms with Gasteiger partial charge in [0, 0.05) is 16.4 Å². The van der Waals surface area contributed by atoms with Crippen LogP contribution in [0, 0.1) is 0 Å². The highest BCUT2D eigenvalue weighted by Gasteiger charge is 2.35. The number of benzene rings is 2. The van der Waals surface area contributed by atoms with Crippen LogP contribution in [0.2, 0.25) is 5.02 Å². The number of aromatic nitrogens is 2. The molecule has 0 saturated carbocycles. The number of hydrogen-bond donors (Lipinski definition) is 2. The van der Waals surface area contributed by atoms with Crippen molar-refractivity contribution in [2.75, 3.05) is 10.6 Å². The molecule has 0 unspecified atom stereocenters. The second-order valence-corrected chi connectivity index (χ2v) is 6.51. The fraction of sp³-hybridized carbons (Fsp3) is 0.0588. The molecule has 2 N–H and O–H groups in total. The normalized spacial score (nSPS) is 11.3. The van der Waals surface area contributed by atoms with Gasteiger partial charge in [-0.25, -0.2) is 4.98 Å². The van der Waals surface area contributed by atoms with Crippen LogP contribution >= 0.6 is 27.5 Å². The number of rotatable bonds is 4. The molecule has 0 atom stereocenters. The smallest absolute Gasteiger partial charge is 0.338 e. The monoisotopic (exact) mass is 442 g/mol. The highest BCUT2D eigenvalue weighted by atomic mass is 79.9. The fourth-order valence-electron chi connectivity index (χ4n) is 2.10. The second-order valence-electron chi connectivity index (χ2n) is 5.19. The standard InChI is InChI=1S/C17H11BrClF3N4/c18-10-5-7-11(8-6-10)24-16-23-9-12(17(20,21)22)15(26-16)25-14-4-2-1-3-13(14)19/h1-9H,(H2,23,24,25,26). The van der Waals surface area contributed by atoms with Crippen molar-refractivity contribution < 1.29 is 13.2 Å². The van der Waals surface area contributed by atoms with Gasteiger partial charge in [0.15, 0.2) is 0 Å². The molecule has 0 bridgehead atoms. The van der Waals surface area contributed by atoms with Gasteiger partial charge in [-0.05, 0) is 36.4 Å². The first-order valence-corrected chi connectivity index (χ1v) is 8.48. The van der Waals surface area contributed by atoms with Crippen LogP contribution in [0.15, 0.2) is 59.2 Å². The predicted molar refractivity (Wildman–Crippen MR) is 99.2 cm³/mol. The topological polar surface area (TPSA) is 49.8 Å². The van der Waals surface area contributed by atoms with Crippen LogP contribution < -0.4 is 10.6 Å². The van der Waals surface area contributed by atoms with E-state index in [1.807, 2.05) is 0 Å². The molecule has 4 nitrogen and oxygen atoms in total. The molecule has 0 amide bonds. The zero-order chi connectivity index (χ0) is 18.7. The highest BCUT2D eigenvalue weighted by Crippen LogP contribution is 2.36. The minimum Gasteiger partial charge on any atom is -0.338 e. The Morgan fingerprint density at radius 3 is 2.31 bits per heavy atom. The van der Waals surface area contributed by atoms with Crippen molar-refractivity contribution in [2.45, 2.75) is 6.18 Å². The summed E-state index contributed by atoms with van der Waals surface area (Å²) in [5, 5.41) is 5.78. The number of hydrogen-bond acceptors (Lipinski definition) is 4. The van der Waals surface area contributed by atoms with E-state index < -0.39 is 11.7 Å². The summed E-state index contributed by atoms with van der Waals surface area (Å²) in [6.45, 7) is 0. The van der Waals surface area contributed by atoms with E-state index in [-0.39, 0.29) is 16.8 Å². The maximum Gasteiger partial charge on any atom is 0.421 e. The van der Waals surface area contributed by atoms with E-state index in [1.54, 1.807) is 48.5 Å². The summed E-state index contributed by atoms with van der Waals surface area (Å²) in [6.07, 6.45) is -3.88. The van der Waals surface area contributed by atoms with Gasteiger partial charge in [0.1, 0.15) is 11.4 Å². The Balaban J connectivity index is 1.96. The fourth-order valence-corrected chi connectivity index (χ4v) is 2.54. The lowest BCUT2D eigenvalue weighted by Gasteiger charge is -2.15. The van der Waals surface area contributed by atoms with Gasteiger partial charge in [-0.3, -0.25) is 0 Å². The number of halogens is 5. The third-order valence-corrected chi connectivity index (χ3v) is 4.18. The van der Waals surface area contributed by atoms with Crippen LogP contribution in [-0.2, 0) is 6.18 Å². The number of anilines is 4. The van der Waals surface area contributed by atoms with E-state index in [4.69, 9.17) is 11.6 Å². The summed E-state index contributed by atoms with van der Waals surface area (Å²) in [4.78, 5) is 7.73. The quantitative estimate of drug-likeness (QED) is 0.490. The Morgan fingerprint density at radius 2 is 1.65 bits per heavy atom. The van der Waals surface area contributed by atoms with Crippen LogP contribution in [0.1, 0.15) is 5.56 Å². The first-order valence-electron chi connectivity index (χ1n) is 7.31. The maximum atomic E-state index is 13.3. The molecule has 0 spiro atoms. The van der Waals surface area contributed by atoms with Gasteiger partial charge < -0.3 is 10.6 Å². The van der Waals surface area contributed by atoms with E-state index >= 15 is 0 Å². The Kier molecular flexibility index (Phi) is 5.33. The lowest BCUT2D eigenvalue weighted by Crippen LogP contribution is -2.12. The first kappa shape index (κ1) is 18.5. The Bertz CT molecular complexity index is 917. The molecule has 0 aliphatic rings. The molecule has 0 aliphatic heterocycles. The third kappa shape index (κ3) is 4.44. The van der Waals surface area contributed by atoms with Gasteiger partial charge in [0.05, 0.1) is 10.7 Å². The molecule has 134 valence electrons. The van der Waals surface area contributed by atoms with Crippen molar-refractivity contribution in [3.8, 4) is 0 Å². The highest BCUT2D eigenvalue weighted by molar-refractivity contribution is 9.10. The van der Waals surface area contributed by atoms with Crippen molar-refractivity contribution in [3.05, 3.63) is 69.8 Å². The Morgan fingerprint density at radius 1 is 0.962 bits per heavy atom. The van der Waals surface area contributed by atoms with E-state index in [9.17, 15) is 13.2 Å². The molecular weight excluding hydrogens is 433 g/mol. The van der Waals surface area contributed by atoms with Crippen molar-refractivity contribution in [1.82, 2.24) is 9.97 Å². The predicted octanol–water partition coefficient (Wildman–Crippen LogP) is 6.40. The van der Waals surface area contributed by atoms with Crippen LogP contribution in [0.4, 0.5) is 36.3 Å². The van der Waals surface area contributed by atoms with Crippen molar-refractivity contribution in [1.29, 1.82) is 0 Å². The molecule has 2 aromatic carbocycles. The lowest BCUT2D eigenvalue weighted by molar-refractivity contribution is -0.137. The molecular formula is C17H11BrClF3N4. The van der Waals surface area contributed by atoms with Gasteiger partial charge in [-0.1, -0.05) is 39.7 Å². The molecule has 0 aliphatic carbocycles. The Hall–Kier alpha value is -2.32. The summed E-state index contributed by atoms with van der Waals surface area (Å²) in [6, 6.07) is 13.5. The van der Waals surface area contributed by atoms with Gasteiger partial charge in [-0.2, -0.15) is 18.2 Å². The maximum absolute atomic E-state index is 13.3. The summed E-state index contributed by atoms with van der Waals surface area (Å²) in [7, 11) is 0. The molecule has 0 radical (unpaired) electrons. The second kappa shape index (κ2) is 7.51. The number of nitrogens with one attached hydrogen (secondary N) is 2. The molecule has 0 fully saturated rings. The van der Waals surface area contributed by atoms with Gasteiger partial charge >= 0.3 is 6.18 Å². The van der Waals surface area contributed by atoms with E-state index in [0.29, 0.717) is 11.4 Å². The summed E-state index contributed by atoms with van der Waals surface area (Å²) in [5.41, 5.74) is -0.0385. The number of para-hydroxylation sites is 1. The zero-order valence-corrected chi connectivity index (χ0v) is 15.3. The van der Waals surface area contributed by atoms with Crippen LogP contribution in [0.3, 0.4) is 0 Å². The third-order valence-electron chi connectivity index (χ3n) is 3.32. The van der Waals surface area contributed by atoms with E-state index in [2.05, 4.69) is 36.5 Å². The van der Waals surface area contributed by atoms with Gasteiger partial charge in [-0.15, -0.1) is 0 Å². The molecule has 0 saturated heterocycles. The molecule has 3 rings (SSSR count). The van der Waals surface area contributed by atoms with E-state index in [0.717, 1.165) is 10.7 Å². The molecule has 9 heteroatoms. The van der Waals surface area contributed by atoms with Gasteiger partial charge in [0.25, 0.3) is 0 Å². The molecule has 1 heterocycles. The minimum absolute atomic E-state index is 0.0230. The SMILES string of the molecule is FC(F)(F)c1cnc(Nc2ccc(Br)cc2)nc1Nc1ccccc1Cl. The summed E-state index contributed by atoms with van der Waals surface area (Å²) in [5.74, 6) is -0.366. The van der Waals surface area contributed by atoms with Crippen LogP contribution in [0.25, 0.3) is 0 Å². The van der Waals surface area contributed by atoms with Crippen molar-refractivity contribution in [3.63, 3.8) is 0 Å². The van der Waals surface area contributed by atoms with Crippen molar-refractivity contribution in [2.24, 2.45) is 0 Å². The van der Waals surface area contributed by atoms with Crippen LogP contribution in [-0.4, -0.2) is 9.97 Å². The van der Waals surface area contributed by atoms with E-state index in [1.165, 1.54) is 0 Å². The summed E-state index contributed by atoms with van der Waals surface area (Å²) < 4.78 is 40.7. The number of nitrogens with zero attached hydrogens (tertiary/aromatic N) is 2. The minimum atomic E-state index is -4.61. The van der Waals surface area contributed by atoms with Gasteiger partial charge in [0.2, 0.25) is 5.95 Å². The average molecular weight is 444 g/mol. The molecule has 3 aromatic rings. The average Bonchev–Trinajstić information content (AvgIpc) is 2.58. The lowest BCUT2D eigenvalue weighted by atomic mass is 10.2.